The van der Waals surface area contributed by atoms with Crippen LogP contribution in [0.25, 0.3) is 5.65 Å². The molecule has 9 heteroatoms. The molecule has 3 aromatic rings. The molecule has 0 unspecified atom stereocenters. The molecule has 3 aromatic heterocycles. The summed E-state index contributed by atoms with van der Waals surface area (Å²) < 4.78 is 12.7. The van der Waals surface area contributed by atoms with Crippen molar-refractivity contribution < 1.29 is 9.15 Å². The Bertz CT molecular complexity index is 818. The molecule has 0 saturated carbocycles. The minimum atomic E-state index is 0. The summed E-state index contributed by atoms with van der Waals surface area (Å²) in [5, 5.41) is 14.9. The van der Waals surface area contributed by atoms with Gasteiger partial charge in [-0.05, 0) is 37.6 Å². The molecule has 0 aromatic carbocycles. The zero-order chi connectivity index (χ0) is 18.0. The summed E-state index contributed by atoms with van der Waals surface area (Å²) in [5.74, 6) is 2.40. The number of ether oxygens (including phenoxy) is 1. The lowest BCUT2D eigenvalue weighted by atomic mass is 10.4. The summed E-state index contributed by atoms with van der Waals surface area (Å²) in [6.07, 6.45) is 4.47. The summed E-state index contributed by atoms with van der Waals surface area (Å²) in [6, 6.07) is 9.58. The monoisotopic (exact) mass is 484 g/mol. The van der Waals surface area contributed by atoms with Gasteiger partial charge in [0.05, 0.1) is 6.26 Å². The van der Waals surface area contributed by atoms with E-state index in [2.05, 4.69) is 25.8 Å². The number of aromatic nitrogens is 3. The molecule has 0 spiro atoms. The quantitative estimate of drug-likeness (QED) is 0.210. The highest BCUT2D eigenvalue weighted by molar-refractivity contribution is 14.0. The van der Waals surface area contributed by atoms with Gasteiger partial charge < -0.3 is 19.8 Å². The number of nitrogens with zero attached hydrogens (tertiary/aromatic N) is 4. The van der Waals surface area contributed by atoms with E-state index in [0.717, 1.165) is 42.7 Å². The van der Waals surface area contributed by atoms with Crippen LogP contribution in [0.1, 0.15) is 24.9 Å². The highest BCUT2D eigenvalue weighted by Gasteiger charge is 2.04. The van der Waals surface area contributed by atoms with Gasteiger partial charge in [-0.25, -0.2) is 4.99 Å². The first-order valence-corrected chi connectivity index (χ1v) is 8.77. The van der Waals surface area contributed by atoms with Gasteiger partial charge in [-0.15, -0.1) is 34.2 Å². The minimum Gasteiger partial charge on any atom is -0.467 e. The molecule has 3 heterocycles. The molecule has 0 saturated heterocycles. The molecule has 8 nitrogen and oxygen atoms in total. The van der Waals surface area contributed by atoms with Crippen molar-refractivity contribution in [1.82, 2.24) is 25.2 Å². The highest BCUT2D eigenvalue weighted by Crippen LogP contribution is 2.04. The van der Waals surface area contributed by atoms with Crippen LogP contribution in [0.5, 0.6) is 0 Å². The van der Waals surface area contributed by atoms with Crippen LogP contribution in [-0.4, -0.2) is 40.3 Å². The molecule has 3 rings (SSSR count). The molecule has 0 aliphatic carbocycles. The van der Waals surface area contributed by atoms with Crippen molar-refractivity contribution in [2.75, 3.05) is 19.7 Å². The molecule has 0 amide bonds. The Kier molecular flexibility index (Phi) is 9.05. The van der Waals surface area contributed by atoms with E-state index in [9.17, 15) is 0 Å². The third-order valence-corrected chi connectivity index (χ3v) is 3.69. The fourth-order valence-electron chi connectivity index (χ4n) is 2.44. The van der Waals surface area contributed by atoms with Gasteiger partial charge in [0.25, 0.3) is 0 Å². The van der Waals surface area contributed by atoms with E-state index in [0.29, 0.717) is 19.8 Å². The van der Waals surface area contributed by atoms with Crippen molar-refractivity contribution in [2.45, 2.75) is 26.5 Å². The number of hydrogen-bond donors (Lipinski definition) is 2. The third kappa shape index (κ3) is 6.51. The van der Waals surface area contributed by atoms with E-state index in [-0.39, 0.29) is 24.0 Å². The molecule has 2 N–H and O–H groups in total. The Labute approximate surface area is 175 Å². The van der Waals surface area contributed by atoms with Gasteiger partial charge in [0.1, 0.15) is 18.9 Å². The van der Waals surface area contributed by atoms with Crippen LogP contribution in [0.15, 0.2) is 52.2 Å². The molecular formula is C18H25IN6O2. The van der Waals surface area contributed by atoms with Gasteiger partial charge in [0.2, 0.25) is 0 Å². The van der Waals surface area contributed by atoms with Gasteiger partial charge in [-0.1, -0.05) is 6.07 Å². The summed E-state index contributed by atoms with van der Waals surface area (Å²) in [7, 11) is 0. The fourth-order valence-corrected chi connectivity index (χ4v) is 2.44. The van der Waals surface area contributed by atoms with Crippen LogP contribution < -0.4 is 10.6 Å². The van der Waals surface area contributed by atoms with Crippen LogP contribution in [0, 0.1) is 0 Å². The second-order valence-electron chi connectivity index (χ2n) is 5.65. The Balaban J connectivity index is 0.00000261. The molecular weight excluding hydrogens is 459 g/mol. The van der Waals surface area contributed by atoms with Crippen molar-refractivity contribution in [3.63, 3.8) is 0 Å². The average Bonchev–Trinajstić information content (AvgIpc) is 3.32. The molecule has 27 heavy (non-hydrogen) atoms. The maximum absolute atomic E-state index is 5.57. The largest absolute Gasteiger partial charge is 0.467 e. The first-order valence-electron chi connectivity index (χ1n) is 8.77. The summed E-state index contributed by atoms with van der Waals surface area (Å²) >= 11 is 0. The smallest absolute Gasteiger partial charge is 0.191 e. The second-order valence-corrected chi connectivity index (χ2v) is 5.65. The molecule has 0 atom stereocenters. The molecule has 0 bridgehead atoms. The Morgan fingerprint density at radius 2 is 2.15 bits per heavy atom. The number of aliphatic imine (C=N–C) groups is 1. The number of nitrogens with one attached hydrogen (secondary N) is 2. The molecule has 146 valence electrons. The SMILES string of the molecule is CCNC(=NCc1nnc2ccccn12)NCCCOCc1ccco1.I. The second kappa shape index (κ2) is 11.5. The van der Waals surface area contributed by atoms with Crippen molar-refractivity contribution >= 4 is 35.6 Å². The maximum atomic E-state index is 5.57. The topological polar surface area (TPSA) is 89.0 Å². The zero-order valence-corrected chi connectivity index (χ0v) is 17.6. The molecule has 0 aliphatic heterocycles. The lowest BCUT2D eigenvalue weighted by Gasteiger charge is -2.11. The van der Waals surface area contributed by atoms with Gasteiger partial charge >= 0.3 is 0 Å². The summed E-state index contributed by atoms with van der Waals surface area (Å²) in [5.41, 5.74) is 0.823. The van der Waals surface area contributed by atoms with Crippen LogP contribution in [0.4, 0.5) is 0 Å². The van der Waals surface area contributed by atoms with E-state index in [1.165, 1.54) is 0 Å². The van der Waals surface area contributed by atoms with Crippen molar-refractivity contribution in [3.8, 4) is 0 Å². The van der Waals surface area contributed by atoms with Gasteiger partial charge in [0, 0.05) is 25.9 Å². The van der Waals surface area contributed by atoms with Crippen LogP contribution in [0.3, 0.4) is 0 Å². The lowest BCUT2D eigenvalue weighted by Crippen LogP contribution is -2.38. The standard InChI is InChI=1S/C18H24N6O2.HI/c1-2-19-18(20-9-6-11-25-14-15-7-5-12-26-15)21-13-17-23-22-16-8-3-4-10-24(16)17;/h3-5,7-8,10,12H,2,6,9,11,13-14H2,1H3,(H2,19,20,21);1H. The minimum absolute atomic E-state index is 0. The van der Waals surface area contributed by atoms with Crippen LogP contribution >= 0.6 is 24.0 Å². The van der Waals surface area contributed by atoms with Gasteiger partial charge in [-0.3, -0.25) is 4.40 Å². The predicted octanol–water partition coefficient (Wildman–Crippen LogP) is 2.60. The molecule has 0 fully saturated rings. The number of halogens is 1. The predicted molar refractivity (Wildman–Crippen MR) is 114 cm³/mol. The van der Waals surface area contributed by atoms with Crippen molar-refractivity contribution in [3.05, 3.63) is 54.4 Å². The van der Waals surface area contributed by atoms with Crippen LogP contribution in [0.2, 0.25) is 0 Å². The van der Waals surface area contributed by atoms with Crippen LogP contribution in [-0.2, 0) is 17.9 Å². The van der Waals surface area contributed by atoms with Crippen molar-refractivity contribution in [2.24, 2.45) is 4.99 Å². The molecule has 0 aliphatic rings. The number of guanidine groups is 1. The Morgan fingerprint density at radius 1 is 1.22 bits per heavy atom. The first kappa shape index (κ1) is 21.2. The summed E-state index contributed by atoms with van der Waals surface area (Å²) in [4.78, 5) is 4.58. The fraction of sp³-hybridized carbons (Fsp3) is 0.389. The summed E-state index contributed by atoms with van der Waals surface area (Å²) in [6.45, 7) is 5.21. The number of furan rings is 1. The van der Waals surface area contributed by atoms with Crippen molar-refractivity contribution in [1.29, 1.82) is 0 Å². The molecule has 0 radical (unpaired) electrons. The number of rotatable bonds is 9. The highest BCUT2D eigenvalue weighted by atomic mass is 127. The number of hydrogen-bond acceptors (Lipinski definition) is 5. The van der Waals surface area contributed by atoms with E-state index in [1.54, 1.807) is 6.26 Å². The first-order chi connectivity index (χ1) is 12.9. The Hall–Kier alpha value is -2.14. The van der Waals surface area contributed by atoms with E-state index >= 15 is 0 Å². The number of fused-ring (bicyclic) bond motifs is 1. The van der Waals surface area contributed by atoms with Gasteiger partial charge in [0.15, 0.2) is 17.4 Å². The normalized spacial score (nSPS) is 11.4. The number of pyridine rings is 1. The lowest BCUT2D eigenvalue weighted by molar-refractivity contribution is 0.105. The van der Waals surface area contributed by atoms with Gasteiger partial charge in [-0.2, -0.15) is 0 Å². The maximum Gasteiger partial charge on any atom is 0.191 e. The van der Waals surface area contributed by atoms with E-state index < -0.39 is 0 Å². The third-order valence-electron chi connectivity index (χ3n) is 3.69. The Morgan fingerprint density at radius 3 is 2.96 bits per heavy atom. The van der Waals surface area contributed by atoms with E-state index in [4.69, 9.17) is 9.15 Å². The zero-order valence-electron chi connectivity index (χ0n) is 15.3. The average molecular weight is 484 g/mol. The van der Waals surface area contributed by atoms with E-state index in [1.807, 2.05) is 47.9 Å².